The minimum Gasteiger partial charge on any atom is -0.481 e. The van der Waals surface area contributed by atoms with E-state index < -0.39 is 17.2 Å². The lowest BCUT2D eigenvalue weighted by Crippen LogP contribution is -2.28. The van der Waals surface area contributed by atoms with E-state index in [1.165, 1.54) is 74.0 Å². The molecule has 0 aliphatic heterocycles. The largest absolute Gasteiger partial charge is 0.481 e. The highest BCUT2D eigenvalue weighted by molar-refractivity contribution is 5.79. The number of carboxylic acid groups (broad SMARTS) is 1. The van der Waals surface area contributed by atoms with Crippen LogP contribution in [0.25, 0.3) is 34.4 Å². The Hall–Kier alpha value is -6.14. The fraction of sp³-hybridized carbons (Fsp3) is 0.408. The molecule has 8 rings (SSSR count). The summed E-state index contributed by atoms with van der Waals surface area (Å²) in [5, 5.41) is 31.0. The third-order valence-electron chi connectivity index (χ3n) is 17.5. The number of Topliss-reactive ketones (excluding diaryl/α,β-unsaturated/α-hetero) is 1. The van der Waals surface area contributed by atoms with E-state index in [0.717, 1.165) is 105 Å². The van der Waals surface area contributed by atoms with E-state index in [0.29, 0.717) is 6.42 Å². The highest BCUT2D eigenvalue weighted by Crippen LogP contribution is 2.44. The van der Waals surface area contributed by atoms with Crippen LogP contribution in [0.3, 0.4) is 0 Å². The van der Waals surface area contributed by atoms with Gasteiger partial charge in [0.05, 0.1) is 17.6 Å². The first kappa shape index (κ1) is 57.6. The lowest BCUT2D eigenvalue weighted by Gasteiger charge is -2.34. The Morgan fingerprint density at radius 3 is 1.16 bits per heavy atom. The number of carboxylic acids is 1. The topological polar surface area (TPSA) is 94.8 Å². The molecule has 0 aromatic heterocycles. The lowest BCUT2D eigenvalue weighted by atomic mass is 9.69. The van der Waals surface area contributed by atoms with Gasteiger partial charge in [-0.3, -0.25) is 9.59 Å². The molecule has 0 radical (unpaired) electrons. The van der Waals surface area contributed by atoms with Crippen molar-refractivity contribution in [1.82, 2.24) is 0 Å². The zero-order valence-corrected chi connectivity index (χ0v) is 47.3. The molecule has 6 aromatic rings. The monoisotopic (exact) mass is 1020 g/mol. The number of aliphatic hydroxyl groups is 2. The molecule has 3 N–H and O–H groups in total. The van der Waals surface area contributed by atoms with E-state index in [-0.39, 0.29) is 23.0 Å². The fourth-order valence-electron chi connectivity index (χ4n) is 12.7. The van der Waals surface area contributed by atoms with Crippen molar-refractivity contribution in [2.75, 3.05) is 0 Å². The summed E-state index contributed by atoms with van der Waals surface area (Å²) in [5.41, 5.74) is 17.6. The number of rotatable bonds is 18. The van der Waals surface area contributed by atoms with Gasteiger partial charge in [0.1, 0.15) is 5.78 Å². The molecule has 0 heterocycles. The second-order valence-corrected chi connectivity index (χ2v) is 22.6. The Bertz CT molecular complexity index is 2810. The smallest absolute Gasteiger partial charge is 0.307 e. The molecule has 2 aliphatic carbocycles. The summed E-state index contributed by atoms with van der Waals surface area (Å²) >= 11 is 0. The Morgan fingerprint density at radius 2 is 0.829 bits per heavy atom. The van der Waals surface area contributed by atoms with Crippen LogP contribution in [-0.4, -0.2) is 38.3 Å². The van der Waals surface area contributed by atoms with Gasteiger partial charge in [0.2, 0.25) is 0 Å². The van der Waals surface area contributed by atoms with E-state index in [1.807, 2.05) is 36.4 Å². The van der Waals surface area contributed by atoms with Gasteiger partial charge in [-0.1, -0.05) is 212 Å². The molecule has 2 fully saturated rings. The number of hydrogen-bond donors (Lipinski definition) is 3. The van der Waals surface area contributed by atoms with Gasteiger partial charge in [0.25, 0.3) is 0 Å². The summed E-state index contributed by atoms with van der Waals surface area (Å²) < 4.78 is 0. The van der Waals surface area contributed by atoms with Crippen LogP contribution < -0.4 is 0 Å². The maximum absolute atomic E-state index is 11.6. The molecule has 0 saturated heterocycles. The van der Waals surface area contributed by atoms with E-state index in [9.17, 15) is 24.9 Å². The first-order valence-corrected chi connectivity index (χ1v) is 28.6. The molecule has 0 spiro atoms. The Kier molecular flexibility index (Phi) is 19.2. The molecule has 0 atom stereocenters. The molecular formula is C71H86O5. The molecule has 5 heteroatoms. The van der Waals surface area contributed by atoms with Gasteiger partial charge in [-0.15, -0.1) is 0 Å². The molecule has 5 nitrogen and oxygen atoms in total. The van der Waals surface area contributed by atoms with Gasteiger partial charge < -0.3 is 15.3 Å². The van der Waals surface area contributed by atoms with Crippen molar-refractivity contribution >= 4 is 23.9 Å². The molecule has 0 amide bonds. The maximum Gasteiger partial charge on any atom is 0.307 e. The summed E-state index contributed by atoms with van der Waals surface area (Å²) in [5.74, 6) is -0.627. The van der Waals surface area contributed by atoms with Crippen LogP contribution >= 0.6 is 0 Å². The second-order valence-electron chi connectivity index (χ2n) is 22.6. The van der Waals surface area contributed by atoms with Crippen LogP contribution in [0.5, 0.6) is 0 Å². The van der Waals surface area contributed by atoms with Crippen molar-refractivity contribution in [3.63, 3.8) is 0 Å². The van der Waals surface area contributed by atoms with Gasteiger partial charge in [-0.25, -0.2) is 0 Å². The van der Waals surface area contributed by atoms with Crippen molar-refractivity contribution in [2.24, 2.45) is 0 Å². The molecule has 2 aliphatic rings. The number of benzene rings is 6. The van der Waals surface area contributed by atoms with Crippen LogP contribution in [0, 0.1) is 27.7 Å². The summed E-state index contributed by atoms with van der Waals surface area (Å²) in [6.45, 7) is 19.5. The average molecular weight is 1020 g/mol. The van der Waals surface area contributed by atoms with Crippen LogP contribution in [0.15, 0.2) is 133 Å². The zero-order chi connectivity index (χ0) is 54.7. The average Bonchev–Trinajstić information content (AvgIpc) is 3.40. The lowest BCUT2D eigenvalue weighted by molar-refractivity contribution is -0.136. The number of aliphatic carboxylic acids is 1. The second kappa shape index (κ2) is 25.3. The Morgan fingerprint density at radius 1 is 0.474 bits per heavy atom. The highest BCUT2D eigenvalue weighted by atomic mass is 16.4. The summed E-state index contributed by atoms with van der Waals surface area (Å²) in [4.78, 5) is 22.8. The summed E-state index contributed by atoms with van der Waals surface area (Å²) in [6, 6.07) is 43.6. The van der Waals surface area contributed by atoms with Crippen LogP contribution in [0.2, 0.25) is 0 Å². The van der Waals surface area contributed by atoms with Crippen LogP contribution in [0.4, 0.5) is 0 Å². The first-order chi connectivity index (χ1) is 36.4. The number of carbonyl (C=O) groups is 2. The molecular weight excluding hydrogens is 933 g/mol. The van der Waals surface area contributed by atoms with E-state index in [4.69, 9.17) is 0 Å². The standard InChI is InChI=1S/C36H44O2.C35H42O3/c1-6-36(7-2,32-15-14-30(26(3)22-32)18-21-35(38)19-9-8-10-20-35)33-16-17-34(27(4)23-33)31-13-11-12-29(25-31)24-28(5)37;1-5-35(6-2,30-14-13-28(25(3)21-30)17-20-34(38)18-8-7-9-19-34)31-15-16-32(26(4)22-31)29-12-10-11-27(23-29)24-33(36)37/h11-18,21-23,25,38H,6-10,19-20,24H2,1-5H3;10-17,20-23,38H,5-9,18-19,24H2,1-4H3,(H,36,37)/b21-18+;20-17+. The minimum atomic E-state index is -0.813. The maximum atomic E-state index is 11.6. The molecule has 400 valence electrons. The van der Waals surface area contributed by atoms with Crippen molar-refractivity contribution < 1.29 is 24.9 Å². The summed E-state index contributed by atoms with van der Waals surface area (Å²) in [6.07, 6.45) is 23.1. The number of ketones is 1. The van der Waals surface area contributed by atoms with Crippen molar-refractivity contribution in [1.29, 1.82) is 0 Å². The van der Waals surface area contributed by atoms with Crippen molar-refractivity contribution in [3.8, 4) is 22.3 Å². The quantitative estimate of drug-likeness (QED) is 0.0797. The van der Waals surface area contributed by atoms with Crippen LogP contribution in [0.1, 0.15) is 191 Å². The molecule has 0 bridgehead atoms. The van der Waals surface area contributed by atoms with Gasteiger partial charge in [0.15, 0.2) is 0 Å². The van der Waals surface area contributed by atoms with Gasteiger partial charge in [-0.05, 0) is 175 Å². The molecule has 2 saturated carbocycles. The highest BCUT2D eigenvalue weighted by Gasteiger charge is 2.34. The normalized spacial score (nSPS) is 15.6. The number of carbonyl (C=O) groups excluding carboxylic acids is 1. The molecule has 0 unspecified atom stereocenters. The Labute approximate surface area is 456 Å². The third kappa shape index (κ3) is 13.5. The van der Waals surface area contributed by atoms with Gasteiger partial charge in [-0.2, -0.15) is 0 Å². The first-order valence-electron chi connectivity index (χ1n) is 28.6. The summed E-state index contributed by atoms with van der Waals surface area (Å²) in [7, 11) is 0. The van der Waals surface area contributed by atoms with Crippen molar-refractivity contribution in [3.05, 3.63) is 200 Å². The third-order valence-corrected chi connectivity index (χ3v) is 17.5. The van der Waals surface area contributed by atoms with E-state index in [1.54, 1.807) is 6.92 Å². The Balaban J connectivity index is 0.000000221. The van der Waals surface area contributed by atoms with E-state index in [2.05, 4.69) is 165 Å². The van der Waals surface area contributed by atoms with Gasteiger partial charge in [0, 0.05) is 17.3 Å². The SMILES string of the molecule is CCC(CC)(c1ccc(/C=C/C2(O)CCCCC2)c(C)c1)c1ccc(-c2cccc(CC(=O)O)c2)c(C)c1.CCC(CC)(c1ccc(/C=C/C2(O)CCCCC2)c(C)c1)c1ccc(-c2cccc(CC(C)=O)c2)c(C)c1. The number of hydrogen-bond acceptors (Lipinski definition) is 4. The van der Waals surface area contributed by atoms with Crippen LogP contribution in [-0.2, 0) is 33.3 Å². The molecule has 76 heavy (non-hydrogen) atoms. The number of aryl methyl sites for hydroxylation is 4. The van der Waals surface area contributed by atoms with Crippen molar-refractivity contribution in [2.45, 2.75) is 187 Å². The predicted molar refractivity (Wildman–Crippen MR) is 318 cm³/mol. The minimum absolute atomic E-state index is 0.0313. The molecule has 6 aromatic carbocycles. The fourth-order valence-corrected chi connectivity index (χ4v) is 12.7. The van der Waals surface area contributed by atoms with Gasteiger partial charge >= 0.3 is 5.97 Å². The zero-order valence-electron chi connectivity index (χ0n) is 47.3. The predicted octanol–water partition coefficient (Wildman–Crippen LogP) is 17.3. The van der Waals surface area contributed by atoms with E-state index >= 15 is 0 Å².